The van der Waals surface area contributed by atoms with Crippen LogP contribution in [-0.4, -0.2) is 34.8 Å². The minimum absolute atomic E-state index is 0.316. The van der Waals surface area contributed by atoms with Gasteiger partial charge in [0.05, 0.1) is 12.0 Å². The summed E-state index contributed by atoms with van der Waals surface area (Å²) in [4.78, 5) is 11.6. The van der Waals surface area contributed by atoms with Crippen molar-refractivity contribution in [1.82, 2.24) is 0 Å². The van der Waals surface area contributed by atoms with Crippen LogP contribution in [0.1, 0.15) is 40.5 Å². The van der Waals surface area contributed by atoms with Crippen LogP contribution < -0.4 is 0 Å². The van der Waals surface area contributed by atoms with Crippen LogP contribution in [-0.2, 0) is 9.53 Å². The Kier molecular flexibility index (Phi) is 7.07. The van der Waals surface area contributed by atoms with Crippen LogP contribution in [0.2, 0.25) is 0 Å². The lowest BCUT2D eigenvalue weighted by molar-refractivity contribution is -0.163. The molecule has 0 amide bonds. The normalized spacial score (nSPS) is 15.6. The molecular weight excluding hydrogens is 224 g/mol. The zero-order chi connectivity index (χ0) is 12.8. The number of aliphatic hydroxyl groups is 1. The molecule has 0 aromatic carbocycles. The summed E-state index contributed by atoms with van der Waals surface area (Å²) in [6, 6.07) is 0. The molecule has 0 spiro atoms. The van der Waals surface area contributed by atoms with Crippen LogP contribution in [0.25, 0.3) is 0 Å². The van der Waals surface area contributed by atoms with Crippen molar-refractivity contribution in [2.75, 3.05) is 12.0 Å². The summed E-state index contributed by atoms with van der Waals surface area (Å²) in [5, 5.41) is 9.80. The van der Waals surface area contributed by atoms with Gasteiger partial charge in [0, 0.05) is 0 Å². The summed E-state index contributed by atoms with van der Waals surface area (Å²) in [6.07, 6.45) is 3.02. The third-order valence-corrected chi connectivity index (χ3v) is 2.90. The van der Waals surface area contributed by atoms with Crippen LogP contribution in [0.15, 0.2) is 0 Å². The number of carbonyl (C=O) groups is 1. The van der Waals surface area contributed by atoms with E-state index in [0.29, 0.717) is 6.42 Å². The molecule has 0 aromatic heterocycles. The van der Waals surface area contributed by atoms with Gasteiger partial charge in [-0.25, -0.2) is 0 Å². The first kappa shape index (κ1) is 15.8. The molecule has 0 aliphatic carbocycles. The Bertz CT molecular complexity index is 211. The number of rotatable bonds is 6. The molecule has 4 heteroatoms. The number of hydrogen-bond acceptors (Lipinski definition) is 4. The molecule has 0 aliphatic rings. The molecule has 0 saturated carbocycles. The molecule has 3 nitrogen and oxygen atoms in total. The van der Waals surface area contributed by atoms with Crippen molar-refractivity contribution in [2.24, 2.45) is 5.92 Å². The zero-order valence-electron chi connectivity index (χ0n) is 10.9. The van der Waals surface area contributed by atoms with Crippen molar-refractivity contribution in [3.05, 3.63) is 0 Å². The summed E-state index contributed by atoms with van der Waals surface area (Å²) < 4.78 is 5.22. The van der Waals surface area contributed by atoms with Gasteiger partial charge in [0.2, 0.25) is 0 Å². The summed E-state index contributed by atoms with van der Waals surface area (Å²) in [5.41, 5.74) is -0.482. The van der Waals surface area contributed by atoms with Crippen molar-refractivity contribution >= 4 is 17.7 Å². The van der Waals surface area contributed by atoms with Crippen LogP contribution in [0.4, 0.5) is 0 Å². The Morgan fingerprint density at radius 2 is 2.00 bits per heavy atom. The second kappa shape index (κ2) is 7.17. The molecule has 0 radical (unpaired) electrons. The molecule has 16 heavy (non-hydrogen) atoms. The smallest absolute Gasteiger partial charge is 0.311 e. The third kappa shape index (κ3) is 7.12. The lowest BCUT2D eigenvalue weighted by Crippen LogP contribution is -2.33. The number of ether oxygens (including phenoxy) is 1. The topological polar surface area (TPSA) is 46.5 Å². The quantitative estimate of drug-likeness (QED) is 0.579. The second-order valence-electron chi connectivity index (χ2n) is 5.02. The number of hydrogen-bond donors (Lipinski definition) is 1. The summed E-state index contributed by atoms with van der Waals surface area (Å²) in [7, 11) is 0. The van der Waals surface area contributed by atoms with Gasteiger partial charge in [-0.05, 0) is 52.5 Å². The van der Waals surface area contributed by atoms with Crippen LogP contribution in [0.5, 0.6) is 0 Å². The molecule has 0 heterocycles. The van der Waals surface area contributed by atoms with E-state index in [1.807, 2.05) is 27.0 Å². The molecule has 0 saturated heterocycles. The van der Waals surface area contributed by atoms with E-state index in [2.05, 4.69) is 0 Å². The van der Waals surface area contributed by atoms with E-state index in [1.54, 1.807) is 18.7 Å². The number of esters is 1. The standard InChI is InChI=1S/C12H24O3S/c1-9(10(13)7-6-8-16-5)11(14)15-12(2,3)4/h9-10,13H,6-8H2,1-5H3. The van der Waals surface area contributed by atoms with E-state index in [1.165, 1.54) is 0 Å². The molecular formula is C12H24O3S. The van der Waals surface area contributed by atoms with Gasteiger partial charge in [-0.1, -0.05) is 0 Å². The van der Waals surface area contributed by atoms with Crippen molar-refractivity contribution in [3.63, 3.8) is 0 Å². The maximum absolute atomic E-state index is 11.6. The SMILES string of the molecule is CSCCCC(O)C(C)C(=O)OC(C)(C)C. The largest absolute Gasteiger partial charge is 0.460 e. The van der Waals surface area contributed by atoms with Gasteiger partial charge in [0.25, 0.3) is 0 Å². The molecule has 0 fully saturated rings. The maximum atomic E-state index is 11.6. The van der Waals surface area contributed by atoms with Gasteiger partial charge in [-0.15, -0.1) is 0 Å². The molecule has 2 atom stereocenters. The van der Waals surface area contributed by atoms with Gasteiger partial charge in [0.1, 0.15) is 5.60 Å². The van der Waals surface area contributed by atoms with Crippen LogP contribution >= 0.6 is 11.8 Å². The third-order valence-electron chi connectivity index (χ3n) is 2.20. The fraction of sp³-hybridized carbons (Fsp3) is 0.917. The number of thioether (sulfide) groups is 1. The summed E-state index contributed by atoms with van der Waals surface area (Å²) in [5.74, 6) is 0.253. The maximum Gasteiger partial charge on any atom is 0.311 e. The first-order valence-corrected chi connectivity index (χ1v) is 7.07. The highest BCUT2D eigenvalue weighted by Crippen LogP contribution is 2.16. The van der Waals surface area contributed by atoms with E-state index < -0.39 is 17.6 Å². The predicted octanol–water partition coefficient (Wildman–Crippen LogP) is 2.47. The molecule has 0 aromatic rings. The Morgan fingerprint density at radius 3 is 2.44 bits per heavy atom. The summed E-state index contributed by atoms with van der Waals surface area (Å²) in [6.45, 7) is 7.21. The highest BCUT2D eigenvalue weighted by atomic mass is 32.2. The summed E-state index contributed by atoms with van der Waals surface area (Å²) >= 11 is 1.75. The van der Waals surface area contributed by atoms with E-state index in [-0.39, 0.29) is 5.97 Å². The van der Waals surface area contributed by atoms with Crippen molar-refractivity contribution in [1.29, 1.82) is 0 Å². The lowest BCUT2D eigenvalue weighted by atomic mass is 10.0. The predicted molar refractivity (Wildman–Crippen MR) is 68.6 cm³/mol. The van der Waals surface area contributed by atoms with Gasteiger partial charge in [-0.3, -0.25) is 4.79 Å². The molecule has 96 valence electrons. The fourth-order valence-electron chi connectivity index (χ4n) is 1.24. The van der Waals surface area contributed by atoms with Crippen LogP contribution in [0, 0.1) is 5.92 Å². The Morgan fingerprint density at radius 1 is 1.44 bits per heavy atom. The van der Waals surface area contributed by atoms with Crippen LogP contribution in [0.3, 0.4) is 0 Å². The Hall–Kier alpha value is -0.220. The molecule has 2 unspecified atom stereocenters. The Balaban J connectivity index is 4.01. The van der Waals surface area contributed by atoms with Crippen molar-refractivity contribution in [2.45, 2.75) is 52.2 Å². The van der Waals surface area contributed by atoms with Gasteiger partial charge < -0.3 is 9.84 Å². The molecule has 0 bridgehead atoms. The lowest BCUT2D eigenvalue weighted by Gasteiger charge is -2.24. The average Bonchev–Trinajstić information content (AvgIpc) is 2.14. The fourth-order valence-corrected chi connectivity index (χ4v) is 1.69. The van der Waals surface area contributed by atoms with E-state index in [0.717, 1.165) is 12.2 Å². The first-order valence-electron chi connectivity index (χ1n) is 5.68. The Labute approximate surface area is 103 Å². The van der Waals surface area contributed by atoms with E-state index in [4.69, 9.17) is 4.74 Å². The van der Waals surface area contributed by atoms with Gasteiger partial charge in [0.15, 0.2) is 0 Å². The van der Waals surface area contributed by atoms with Gasteiger partial charge in [-0.2, -0.15) is 11.8 Å². The average molecular weight is 248 g/mol. The first-order chi connectivity index (χ1) is 7.28. The highest BCUT2D eigenvalue weighted by Gasteiger charge is 2.26. The second-order valence-corrected chi connectivity index (χ2v) is 6.01. The zero-order valence-corrected chi connectivity index (χ0v) is 11.8. The van der Waals surface area contributed by atoms with Gasteiger partial charge >= 0.3 is 5.97 Å². The minimum atomic E-state index is -0.595. The van der Waals surface area contributed by atoms with E-state index >= 15 is 0 Å². The van der Waals surface area contributed by atoms with Crippen molar-refractivity contribution < 1.29 is 14.6 Å². The minimum Gasteiger partial charge on any atom is -0.460 e. The molecule has 0 rings (SSSR count). The molecule has 1 N–H and O–H groups in total. The monoisotopic (exact) mass is 248 g/mol. The molecule has 0 aliphatic heterocycles. The number of carbonyl (C=O) groups excluding carboxylic acids is 1. The van der Waals surface area contributed by atoms with Crippen molar-refractivity contribution in [3.8, 4) is 0 Å². The number of aliphatic hydroxyl groups excluding tert-OH is 1. The van der Waals surface area contributed by atoms with E-state index in [9.17, 15) is 9.90 Å². The highest BCUT2D eigenvalue weighted by molar-refractivity contribution is 7.98.